The van der Waals surface area contributed by atoms with Crippen molar-refractivity contribution in [2.24, 2.45) is 0 Å². The van der Waals surface area contributed by atoms with Crippen LogP contribution in [0.2, 0.25) is 0 Å². The molecule has 8 nitrogen and oxygen atoms in total. The normalized spacial score (nSPS) is 13.5. The molecular weight excluding hydrogens is 512 g/mol. The highest BCUT2D eigenvalue weighted by Crippen LogP contribution is 2.32. The standard InChI is InChI=1S/C33H34N6O2/c1-4-29(41)21-26-7-5-6-8-31(26)36-32-30(25-11-9-24(10-12-25)23(2)40)22-34-33(37-32)35-27-13-15-28(16-14-27)39-19-17-38(3)18-20-39/h4-16,22H,1,17-21H2,2-3H3,(H2,34,35,36,37). The zero-order valence-electron chi connectivity index (χ0n) is 23.4. The summed E-state index contributed by atoms with van der Waals surface area (Å²) in [6.07, 6.45) is 3.32. The summed E-state index contributed by atoms with van der Waals surface area (Å²) in [7, 11) is 2.15. The molecule has 1 saturated heterocycles. The molecule has 0 amide bonds. The van der Waals surface area contributed by atoms with Crippen LogP contribution in [-0.2, 0) is 11.2 Å². The van der Waals surface area contributed by atoms with E-state index in [2.05, 4.69) is 51.2 Å². The second kappa shape index (κ2) is 12.6. The predicted octanol–water partition coefficient (Wildman–Crippen LogP) is 5.88. The van der Waals surface area contributed by atoms with Gasteiger partial charge in [-0.05, 0) is 61.5 Å². The molecule has 41 heavy (non-hydrogen) atoms. The van der Waals surface area contributed by atoms with E-state index in [1.54, 1.807) is 25.3 Å². The lowest BCUT2D eigenvalue weighted by molar-refractivity contribution is -0.114. The SMILES string of the molecule is C=CC(=O)Cc1ccccc1Nc1nc(Nc2ccc(N3CCN(C)CC3)cc2)ncc1-c1ccc(C(C)=O)cc1. The van der Waals surface area contributed by atoms with Gasteiger partial charge in [-0.15, -0.1) is 0 Å². The number of Topliss-reactive ketones (excluding diaryl/α,β-unsaturated/α-hetero) is 1. The highest BCUT2D eigenvalue weighted by molar-refractivity contribution is 5.95. The first-order chi connectivity index (χ1) is 19.9. The van der Waals surface area contributed by atoms with Gasteiger partial charge in [0.15, 0.2) is 11.6 Å². The Morgan fingerprint density at radius 2 is 1.63 bits per heavy atom. The fourth-order valence-electron chi connectivity index (χ4n) is 4.77. The number of piperazine rings is 1. The van der Waals surface area contributed by atoms with Crippen LogP contribution in [-0.4, -0.2) is 59.7 Å². The zero-order chi connectivity index (χ0) is 28.8. The molecule has 8 heteroatoms. The van der Waals surface area contributed by atoms with E-state index in [4.69, 9.17) is 4.98 Å². The number of anilines is 5. The second-order valence-corrected chi connectivity index (χ2v) is 10.2. The molecule has 0 saturated carbocycles. The van der Waals surface area contributed by atoms with Gasteiger partial charge in [0.05, 0.1) is 0 Å². The van der Waals surface area contributed by atoms with Gasteiger partial charge < -0.3 is 20.4 Å². The van der Waals surface area contributed by atoms with Crippen molar-refractivity contribution in [2.45, 2.75) is 13.3 Å². The van der Waals surface area contributed by atoms with Gasteiger partial charge in [-0.1, -0.05) is 49.0 Å². The number of nitrogens with zero attached hydrogens (tertiary/aromatic N) is 4. The third kappa shape index (κ3) is 6.85. The Morgan fingerprint density at radius 3 is 2.32 bits per heavy atom. The first-order valence-corrected chi connectivity index (χ1v) is 13.7. The largest absolute Gasteiger partial charge is 0.369 e. The van der Waals surface area contributed by atoms with Crippen molar-refractivity contribution < 1.29 is 9.59 Å². The molecule has 0 atom stereocenters. The smallest absolute Gasteiger partial charge is 0.229 e. The molecule has 1 aliphatic rings. The summed E-state index contributed by atoms with van der Waals surface area (Å²) >= 11 is 0. The molecule has 0 bridgehead atoms. The molecule has 5 rings (SSSR count). The van der Waals surface area contributed by atoms with Crippen molar-refractivity contribution >= 4 is 40.4 Å². The zero-order valence-corrected chi connectivity index (χ0v) is 23.4. The number of benzene rings is 3. The maximum Gasteiger partial charge on any atom is 0.229 e. The minimum absolute atomic E-state index is 0.00477. The quantitative estimate of drug-likeness (QED) is 0.188. The van der Waals surface area contributed by atoms with Crippen molar-refractivity contribution in [3.8, 4) is 11.1 Å². The summed E-state index contributed by atoms with van der Waals surface area (Å²) in [5.41, 5.74) is 5.94. The average molecular weight is 547 g/mol. The summed E-state index contributed by atoms with van der Waals surface area (Å²) in [5, 5.41) is 6.76. The van der Waals surface area contributed by atoms with Gasteiger partial charge in [-0.3, -0.25) is 9.59 Å². The van der Waals surface area contributed by atoms with Crippen LogP contribution in [0, 0.1) is 0 Å². The number of likely N-dealkylation sites (N-methyl/N-ethyl adjacent to an activating group) is 1. The first kappa shape index (κ1) is 27.7. The van der Waals surface area contributed by atoms with Crippen molar-refractivity contribution in [1.82, 2.24) is 14.9 Å². The van der Waals surface area contributed by atoms with Crippen molar-refractivity contribution in [1.29, 1.82) is 0 Å². The minimum Gasteiger partial charge on any atom is -0.369 e. The lowest BCUT2D eigenvalue weighted by atomic mass is 10.0. The molecule has 2 N–H and O–H groups in total. The van der Waals surface area contributed by atoms with E-state index < -0.39 is 0 Å². The number of ketones is 2. The van der Waals surface area contributed by atoms with Crippen molar-refractivity contribution in [3.63, 3.8) is 0 Å². The van der Waals surface area contributed by atoms with Crippen LogP contribution in [0.15, 0.2) is 91.6 Å². The molecule has 2 heterocycles. The Bertz CT molecular complexity index is 1540. The molecular formula is C33H34N6O2. The summed E-state index contributed by atoms with van der Waals surface area (Å²) < 4.78 is 0. The molecule has 3 aromatic carbocycles. The summed E-state index contributed by atoms with van der Waals surface area (Å²) in [5.74, 6) is 0.948. The number of rotatable bonds is 10. The van der Waals surface area contributed by atoms with E-state index in [0.29, 0.717) is 17.3 Å². The van der Waals surface area contributed by atoms with Crippen LogP contribution in [0.3, 0.4) is 0 Å². The molecule has 0 spiro atoms. The van der Waals surface area contributed by atoms with Gasteiger partial charge in [0.1, 0.15) is 5.82 Å². The first-order valence-electron chi connectivity index (χ1n) is 13.7. The molecule has 4 aromatic rings. The molecule has 1 fully saturated rings. The van der Waals surface area contributed by atoms with Gasteiger partial charge in [0.2, 0.25) is 5.95 Å². The van der Waals surface area contributed by atoms with E-state index in [9.17, 15) is 9.59 Å². The predicted molar refractivity (Wildman–Crippen MR) is 166 cm³/mol. The Labute approximate surface area is 240 Å². The van der Waals surface area contributed by atoms with Gasteiger partial charge >= 0.3 is 0 Å². The fraction of sp³-hybridized carbons (Fsp3) is 0.212. The minimum atomic E-state index is -0.0654. The Hall–Kier alpha value is -4.82. The molecule has 1 aromatic heterocycles. The number of para-hydroxylation sites is 1. The van der Waals surface area contributed by atoms with E-state index in [-0.39, 0.29) is 18.0 Å². The highest BCUT2D eigenvalue weighted by atomic mass is 16.1. The second-order valence-electron chi connectivity index (χ2n) is 10.2. The number of allylic oxidation sites excluding steroid dienone is 1. The number of aromatic nitrogens is 2. The van der Waals surface area contributed by atoms with Gasteiger partial charge in [-0.25, -0.2) is 4.98 Å². The van der Waals surface area contributed by atoms with E-state index in [1.807, 2.05) is 48.5 Å². The van der Waals surface area contributed by atoms with Gasteiger partial charge in [0.25, 0.3) is 0 Å². The summed E-state index contributed by atoms with van der Waals surface area (Å²) in [4.78, 5) is 38.1. The average Bonchev–Trinajstić information content (AvgIpc) is 2.99. The monoisotopic (exact) mass is 546 g/mol. The lowest BCUT2D eigenvalue weighted by Crippen LogP contribution is -2.44. The van der Waals surface area contributed by atoms with Crippen LogP contribution in [0.25, 0.3) is 11.1 Å². The van der Waals surface area contributed by atoms with E-state index >= 15 is 0 Å². The molecule has 1 aliphatic heterocycles. The van der Waals surface area contributed by atoms with Gasteiger partial charge in [0, 0.05) is 67.0 Å². The summed E-state index contributed by atoms with van der Waals surface area (Å²) in [6.45, 7) is 9.28. The number of hydrogen-bond acceptors (Lipinski definition) is 8. The van der Waals surface area contributed by atoms with Crippen LogP contribution < -0.4 is 15.5 Å². The summed E-state index contributed by atoms with van der Waals surface area (Å²) in [6, 6.07) is 23.3. The topological polar surface area (TPSA) is 90.5 Å². The maximum atomic E-state index is 12.1. The van der Waals surface area contributed by atoms with Crippen LogP contribution in [0.5, 0.6) is 0 Å². The number of hydrogen-bond donors (Lipinski definition) is 2. The molecule has 0 unspecified atom stereocenters. The maximum absolute atomic E-state index is 12.1. The van der Waals surface area contributed by atoms with E-state index in [0.717, 1.165) is 54.2 Å². The Balaban J connectivity index is 1.44. The Morgan fingerprint density at radius 1 is 0.927 bits per heavy atom. The van der Waals surface area contributed by atoms with E-state index in [1.165, 1.54) is 11.8 Å². The molecule has 0 aliphatic carbocycles. The molecule has 0 radical (unpaired) electrons. The fourth-order valence-corrected chi connectivity index (χ4v) is 4.77. The number of nitrogens with one attached hydrogen (secondary N) is 2. The highest BCUT2D eigenvalue weighted by Gasteiger charge is 2.16. The van der Waals surface area contributed by atoms with Crippen molar-refractivity contribution in [3.05, 3.63) is 103 Å². The van der Waals surface area contributed by atoms with Crippen LogP contribution >= 0.6 is 0 Å². The van der Waals surface area contributed by atoms with Crippen molar-refractivity contribution in [2.75, 3.05) is 48.8 Å². The lowest BCUT2D eigenvalue weighted by Gasteiger charge is -2.34. The number of carbonyl (C=O) groups excluding carboxylic acids is 2. The Kier molecular flexibility index (Phi) is 8.50. The van der Waals surface area contributed by atoms with Gasteiger partial charge in [-0.2, -0.15) is 4.98 Å². The van der Waals surface area contributed by atoms with Crippen LogP contribution in [0.4, 0.5) is 28.8 Å². The third-order valence-corrected chi connectivity index (χ3v) is 7.25. The number of carbonyl (C=O) groups is 2. The third-order valence-electron chi connectivity index (χ3n) is 7.25. The van der Waals surface area contributed by atoms with Crippen LogP contribution in [0.1, 0.15) is 22.8 Å². The molecule has 208 valence electrons.